The highest BCUT2D eigenvalue weighted by Crippen LogP contribution is 2.29. The maximum absolute atomic E-state index is 9.66. The molecule has 1 saturated heterocycles. The van der Waals surface area contributed by atoms with Gasteiger partial charge < -0.3 is 15.3 Å². The number of phenols is 1. The lowest BCUT2D eigenvalue weighted by Crippen LogP contribution is -2.50. The van der Waals surface area contributed by atoms with Crippen LogP contribution in [0.2, 0.25) is 0 Å². The van der Waals surface area contributed by atoms with Crippen LogP contribution in [0.15, 0.2) is 30.5 Å². The SMILES string of the molecule is CC1CNCCN1c1nccc2ccc(O)cc12. The van der Waals surface area contributed by atoms with Crippen LogP contribution in [0.3, 0.4) is 0 Å². The lowest BCUT2D eigenvalue weighted by molar-refractivity contribution is 0.476. The quantitative estimate of drug-likeness (QED) is 0.801. The molecule has 18 heavy (non-hydrogen) atoms. The number of aromatic nitrogens is 1. The summed E-state index contributed by atoms with van der Waals surface area (Å²) in [5, 5.41) is 15.2. The van der Waals surface area contributed by atoms with Gasteiger partial charge in [-0.3, -0.25) is 0 Å². The minimum Gasteiger partial charge on any atom is -0.508 e. The molecular weight excluding hydrogens is 226 g/mol. The first-order chi connectivity index (χ1) is 8.75. The lowest BCUT2D eigenvalue weighted by atomic mass is 10.1. The highest BCUT2D eigenvalue weighted by atomic mass is 16.3. The number of hydrogen-bond acceptors (Lipinski definition) is 4. The molecule has 1 aromatic carbocycles. The Labute approximate surface area is 106 Å². The molecule has 2 heterocycles. The number of fused-ring (bicyclic) bond motifs is 1. The van der Waals surface area contributed by atoms with E-state index in [0.717, 1.165) is 36.2 Å². The van der Waals surface area contributed by atoms with Crippen molar-refractivity contribution >= 4 is 16.6 Å². The van der Waals surface area contributed by atoms with Gasteiger partial charge >= 0.3 is 0 Å². The summed E-state index contributed by atoms with van der Waals surface area (Å²) in [4.78, 5) is 6.81. The fraction of sp³-hybridized carbons (Fsp3) is 0.357. The molecule has 1 aliphatic rings. The van der Waals surface area contributed by atoms with Gasteiger partial charge in [-0.15, -0.1) is 0 Å². The van der Waals surface area contributed by atoms with E-state index in [1.807, 2.05) is 18.3 Å². The van der Waals surface area contributed by atoms with Gasteiger partial charge in [0.25, 0.3) is 0 Å². The van der Waals surface area contributed by atoms with E-state index in [-0.39, 0.29) is 0 Å². The Hall–Kier alpha value is -1.81. The van der Waals surface area contributed by atoms with Gasteiger partial charge in [0, 0.05) is 37.3 Å². The van der Waals surface area contributed by atoms with E-state index in [1.165, 1.54) is 0 Å². The average Bonchev–Trinajstić information content (AvgIpc) is 2.39. The Bertz CT molecular complexity index is 570. The maximum Gasteiger partial charge on any atom is 0.136 e. The van der Waals surface area contributed by atoms with Crippen molar-refractivity contribution in [3.63, 3.8) is 0 Å². The van der Waals surface area contributed by atoms with Crippen LogP contribution in [-0.2, 0) is 0 Å². The third-order valence-electron chi connectivity index (χ3n) is 3.50. The highest BCUT2D eigenvalue weighted by Gasteiger charge is 2.20. The maximum atomic E-state index is 9.66. The summed E-state index contributed by atoms with van der Waals surface area (Å²) in [6.45, 7) is 5.08. The monoisotopic (exact) mass is 243 g/mol. The first-order valence-electron chi connectivity index (χ1n) is 6.31. The zero-order chi connectivity index (χ0) is 12.5. The summed E-state index contributed by atoms with van der Waals surface area (Å²) >= 11 is 0. The second kappa shape index (κ2) is 4.46. The van der Waals surface area contributed by atoms with Gasteiger partial charge in [0.05, 0.1) is 0 Å². The van der Waals surface area contributed by atoms with E-state index in [9.17, 15) is 5.11 Å². The number of anilines is 1. The van der Waals surface area contributed by atoms with E-state index in [4.69, 9.17) is 0 Å². The van der Waals surface area contributed by atoms with Crippen LogP contribution in [0.1, 0.15) is 6.92 Å². The molecule has 2 N–H and O–H groups in total. The first kappa shape index (κ1) is 11.3. The average molecular weight is 243 g/mol. The third-order valence-corrected chi connectivity index (χ3v) is 3.50. The number of rotatable bonds is 1. The highest BCUT2D eigenvalue weighted by molar-refractivity contribution is 5.93. The zero-order valence-corrected chi connectivity index (χ0v) is 10.4. The minimum absolute atomic E-state index is 0.291. The number of pyridine rings is 1. The fourth-order valence-corrected chi connectivity index (χ4v) is 2.53. The van der Waals surface area contributed by atoms with E-state index in [2.05, 4.69) is 22.1 Å². The van der Waals surface area contributed by atoms with Crippen molar-refractivity contribution in [2.75, 3.05) is 24.5 Å². The van der Waals surface area contributed by atoms with Gasteiger partial charge in [-0.1, -0.05) is 6.07 Å². The molecule has 0 radical (unpaired) electrons. The fourth-order valence-electron chi connectivity index (χ4n) is 2.53. The Balaban J connectivity index is 2.12. The van der Waals surface area contributed by atoms with Crippen LogP contribution in [0.4, 0.5) is 5.82 Å². The summed E-state index contributed by atoms with van der Waals surface area (Å²) in [6, 6.07) is 7.84. The molecule has 1 aliphatic heterocycles. The molecule has 2 aromatic rings. The van der Waals surface area contributed by atoms with Crippen molar-refractivity contribution < 1.29 is 5.11 Å². The summed E-state index contributed by atoms with van der Waals surface area (Å²) in [5.74, 6) is 1.26. The number of aromatic hydroxyl groups is 1. The van der Waals surface area contributed by atoms with Crippen LogP contribution >= 0.6 is 0 Å². The largest absolute Gasteiger partial charge is 0.508 e. The molecule has 4 nitrogen and oxygen atoms in total. The topological polar surface area (TPSA) is 48.4 Å². The summed E-state index contributed by atoms with van der Waals surface area (Å²) in [6.07, 6.45) is 1.84. The summed E-state index contributed by atoms with van der Waals surface area (Å²) in [5.41, 5.74) is 0. The minimum atomic E-state index is 0.291. The number of hydrogen-bond donors (Lipinski definition) is 2. The molecule has 1 fully saturated rings. The van der Waals surface area contributed by atoms with Crippen LogP contribution in [0.5, 0.6) is 5.75 Å². The Morgan fingerprint density at radius 1 is 1.39 bits per heavy atom. The molecule has 1 unspecified atom stereocenters. The summed E-state index contributed by atoms with van der Waals surface area (Å²) < 4.78 is 0. The van der Waals surface area contributed by atoms with E-state index in [1.54, 1.807) is 12.1 Å². The van der Waals surface area contributed by atoms with E-state index < -0.39 is 0 Å². The van der Waals surface area contributed by atoms with Gasteiger partial charge in [-0.25, -0.2) is 4.98 Å². The standard InChI is InChI=1S/C14H17N3O/c1-10-9-15-6-7-17(10)14-13-8-12(18)3-2-11(13)4-5-16-14/h2-5,8,10,15,18H,6-7,9H2,1H3. The number of nitrogens with one attached hydrogen (secondary N) is 1. The van der Waals surface area contributed by atoms with Crippen molar-refractivity contribution in [1.29, 1.82) is 0 Å². The van der Waals surface area contributed by atoms with Gasteiger partial charge in [0.2, 0.25) is 0 Å². The lowest BCUT2D eigenvalue weighted by Gasteiger charge is -2.35. The molecule has 0 aliphatic carbocycles. The zero-order valence-electron chi connectivity index (χ0n) is 10.4. The molecule has 1 atom stereocenters. The molecular formula is C14H17N3O. The predicted molar refractivity (Wildman–Crippen MR) is 73.1 cm³/mol. The van der Waals surface area contributed by atoms with E-state index >= 15 is 0 Å². The van der Waals surface area contributed by atoms with Crippen molar-refractivity contribution in [3.8, 4) is 5.75 Å². The van der Waals surface area contributed by atoms with Crippen molar-refractivity contribution in [3.05, 3.63) is 30.5 Å². The predicted octanol–water partition coefficient (Wildman–Crippen LogP) is 1.74. The van der Waals surface area contributed by atoms with Gasteiger partial charge in [-0.05, 0) is 30.5 Å². The molecule has 4 heteroatoms. The Morgan fingerprint density at radius 2 is 2.28 bits per heavy atom. The molecule has 0 bridgehead atoms. The number of piperazine rings is 1. The van der Waals surface area contributed by atoms with Gasteiger partial charge in [-0.2, -0.15) is 0 Å². The number of phenolic OH excluding ortho intramolecular Hbond substituents is 1. The van der Waals surface area contributed by atoms with Crippen LogP contribution in [0, 0.1) is 0 Å². The van der Waals surface area contributed by atoms with Gasteiger partial charge in [0.1, 0.15) is 11.6 Å². The second-order valence-corrected chi connectivity index (χ2v) is 4.79. The third kappa shape index (κ3) is 1.88. The van der Waals surface area contributed by atoms with Crippen molar-refractivity contribution in [1.82, 2.24) is 10.3 Å². The Morgan fingerprint density at radius 3 is 3.11 bits per heavy atom. The number of benzene rings is 1. The first-order valence-corrected chi connectivity index (χ1v) is 6.31. The molecule has 94 valence electrons. The van der Waals surface area contributed by atoms with Gasteiger partial charge in [0.15, 0.2) is 0 Å². The molecule has 0 spiro atoms. The second-order valence-electron chi connectivity index (χ2n) is 4.79. The number of nitrogens with zero attached hydrogens (tertiary/aromatic N) is 2. The van der Waals surface area contributed by atoms with E-state index in [0.29, 0.717) is 11.8 Å². The van der Waals surface area contributed by atoms with Crippen LogP contribution in [0.25, 0.3) is 10.8 Å². The summed E-state index contributed by atoms with van der Waals surface area (Å²) in [7, 11) is 0. The molecule has 0 amide bonds. The Kier molecular flexibility index (Phi) is 2.80. The van der Waals surface area contributed by atoms with Crippen molar-refractivity contribution in [2.24, 2.45) is 0 Å². The van der Waals surface area contributed by atoms with Crippen LogP contribution in [-0.4, -0.2) is 35.8 Å². The normalized spacial score (nSPS) is 20.3. The smallest absolute Gasteiger partial charge is 0.136 e. The van der Waals surface area contributed by atoms with Crippen LogP contribution < -0.4 is 10.2 Å². The molecule has 0 saturated carbocycles. The molecule has 3 rings (SSSR count). The molecule has 1 aromatic heterocycles. The van der Waals surface area contributed by atoms with Crippen molar-refractivity contribution in [2.45, 2.75) is 13.0 Å².